The zero-order valence-corrected chi connectivity index (χ0v) is 9.72. The van der Waals surface area contributed by atoms with Gasteiger partial charge in [0.05, 0.1) is 0 Å². The maximum atomic E-state index is 3.57. The van der Waals surface area contributed by atoms with Gasteiger partial charge >= 0.3 is 0 Å². The van der Waals surface area contributed by atoms with Crippen molar-refractivity contribution in [1.82, 2.24) is 5.32 Å². The molecule has 1 aliphatic rings. The first-order chi connectivity index (χ1) is 7.45. The van der Waals surface area contributed by atoms with Crippen LogP contribution in [0.25, 0.3) is 0 Å². The van der Waals surface area contributed by atoms with E-state index < -0.39 is 0 Å². The smallest absolute Gasteiger partial charge is 0.0340 e. The molecule has 2 rings (SSSR count). The van der Waals surface area contributed by atoms with E-state index in [1.165, 1.54) is 23.6 Å². The second-order valence-corrected chi connectivity index (χ2v) is 4.96. The van der Waals surface area contributed by atoms with E-state index in [2.05, 4.69) is 46.7 Å². The Morgan fingerprint density at radius 2 is 2.07 bits per heavy atom. The number of anilines is 1. The van der Waals surface area contributed by atoms with Crippen LogP contribution in [-0.2, 0) is 0 Å². The first-order valence-electron chi connectivity index (χ1n) is 5.55. The third kappa shape index (κ3) is 3.76. The van der Waals surface area contributed by atoms with Gasteiger partial charge in [0, 0.05) is 30.6 Å². The third-order valence-electron chi connectivity index (χ3n) is 2.59. The highest BCUT2D eigenvalue weighted by molar-refractivity contribution is 7.99. The topological polar surface area (TPSA) is 24.1 Å². The summed E-state index contributed by atoms with van der Waals surface area (Å²) in [5.41, 5.74) is 1.21. The maximum Gasteiger partial charge on any atom is 0.0340 e. The normalized spacial score (nSPS) is 20.4. The fourth-order valence-corrected chi connectivity index (χ4v) is 2.92. The lowest BCUT2D eigenvalue weighted by Crippen LogP contribution is -2.32. The van der Waals surface area contributed by atoms with Crippen molar-refractivity contribution in [3.05, 3.63) is 30.3 Å². The molecule has 0 spiro atoms. The molecule has 1 unspecified atom stereocenters. The molecule has 0 saturated carbocycles. The van der Waals surface area contributed by atoms with Crippen LogP contribution in [0.2, 0.25) is 0 Å². The second-order valence-electron chi connectivity index (χ2n) is 3.81. The van der Waals surface area contributed by atoms with Gasteiger partial charge in [0.1, 0.15) is 0 Å². The van der Waals surface area contributed by atoms with Crippen LogP contribution in [0.1, 0.15) is 6.42 Å². The molecule has 82 valence electrons. The lowest BCUT2D eigenvalue weighted by Gasteiger charge is -2.11. The molecule has 1 atom stereocenters. The van der Waals surface area contributed by atoms with Gasteiger partial charge in [-0.1, -0.05) is 18.2 Å². The summed E-state index contributed by atoms with van der Waals surface area (Å²) >= 11 is 2.05. The summed E-state index contributed by atoms with van der Waals surface area (Å²) < 4.78 is 0. The number of hydrogen-bond acceptors (Lipinski definition) is 3. The number of benzene rings is 1. The Kier molecular flexibility index (Phi) is 4.36. The van der Waals surface area contributed by atoms with Gasteiger partial charge in [-0.2, -0.15) is 11.8 Å². The minimum Gasteiger partial charge on any atom is -0.384 e. The van der Waals surface area contributed by atoms with Gasteiger partial charge in [-0.05, 0) is 24.3 Å². The van der Waals surface area contributed by atoms with Crippen molar-refractivity contribution in [3.63, 3.8) is 0 Å². The first kappa shape index (κ1) is 10.8. The van der Waals surface area contributed by atoms with E-state index in [4.69, 9.17) is 0 Å². The predicted octanol–water partition coefficient (Wildman–Crippen LogP) is 2.19. The summed E-state index contributed by atoms with van der Waals surface area (Å²) in [6, 6.07) is 11.1. The van der Waals surface area contributed by atoms with Crippen molar-refractivity contribution in [1.29, 1.82) is 0 Å². The van der Waals surface area contributed by atoms with Gasteiger partial charge in [-0.15, -0.1) is 0 Å². The molecule has 0 amide bonds. The number of rotatable bonds is 5. The molecule has 15 heavy (non-hydrogen) atoms. The Balaban J connectivity index is 1.59. The van der Waals surface area contributed by atoms with E-state index in [-0.39, 0.29) is 0 Å². The van der Waals surface area contributed by atoms with Crippen molar-refractivity contribution in [2.45, 2.75) is 12.5 Å². The molecule has 2 nitrogen and oxygen atoms in total. The lowest BCUT2D eigenvalue weighted by molar-refractivity contribution is 0.570. The molecule has 1 aromatic carbocycles. The largest absolute Gasteiger partial charge is 0.384 e. The quantitative estimate of drug-likeness (QED) is 0.747. The Bertz CT molecular complexity index is 270. The summed E-state index contributed by atoms with van der Waals surface area (Å²) in [6.45, 7) is 2.06. The Morgan fingerprint density at radius 3 is 2.80 bits per heavy atom. The fourth-order valence-electron chi connectivity index (χ4n) is 1.73. The van der Waals surface area contributed by atoms with E-state index in [0.29, 0.717) is 0 Å². The van der Waals surface area contributed by atoms with Crippen LogP contribution in [0.4, 0.5) is 5.69 Å². The Labute approximate surface area is 95.8 Å². The van der Waals surface area contributed by atoms with E-state index in [1.807, 2.05) is 6.07 Å². The van der Waals surface area contributed by atoms with Crippen LogP contribution in [0.5, 0.6) is 0 Å². The Hall–Kier alpha value is -0.670. The molecule has 1 aliphatic heterocycles. The highest BCUT2D eigenvalue weighted by atomic mass is 32.2. The molecular weight excluding hydrogens is 204 g/mol. The predicted molar refractivity (Wildman–Crippen MR) is 68.7 cm³/mol. The highest BCUT2D eigenvalue weighted by Gasteiger charge is 2.13. The SMILES string of the molecule is c1ccc(NCCNC2CCSC2)cc1. The molecule has 0 aromatic heterocycles. The summed E-state index contributed by atoms with van der Waals surface area (Å²) in [4.78, 5) is 0. The minimum absolute atomic E-state index is 0.743. The van der Waals surface area contributed by atoms with Crippen LogP contribution < -0.4 is 10.6 Å². The van der Waals surface area contributed by atoms with E-state index >= 15 is 0 Å². The number of hydrogen-bond donors (Lipinski definition) is 2. The Morgan fingerprint density at radius 1 is 1.20 bits per heavy atom. The van der Waals surface area contributed by atoms with Crippen LogP contribution in [0, 0.1) is 0 Å². The zero-order chi connectivity index (χ0) is 10.3. The molecule has 1 fully saturated rings. The average molecular weight is 222 g/mol. The molecule has 1 saturated heterocycles. The summed E-state index contributed by atoms with van der Waals surface area (Å²) in [7, 11) is 0. The standard InChI is InChI=1S/C12H18N2S/c1-2-4-11(5-3-1)13-7-8-14-12-6-9-15-10-12/h1-5,12-14H,6-10H2. The molecule has 2 N–H and O–H groups in total. The van der Waals surface area contributed by atoms with Crippen molar-refractivity contribution in [2.24, 2.45) is 0 Å². The summed E-state index contributed by atoms with van der Waals surface area (Å²) in [6.07, 6.45) is 1.33. The molecule has 1 aromatic rings. The molecule has 1 heterocycles. The van der Waals surface area contributed by atoms with E-state index in [9.17, 15) is 0 Å². The minimum atomic E-state index is 0.743. The number of para-hydroxylation sites is 1. The van der Waals surface area contributed by atoms with Gasteiger partial charge in [-0.3, -0.25) is 0 Å². The molecule has 0 aliphatic carbocycles. The maximum absolute atomic E-state index is 3.57. The number of nitrogens with one attached hydrogen (secondary N) is 2. The van der Waals surface area contributed by atoms with Gasteiger partial charge < -0.3 is 10.6 Å². The summed E-state index contributed by atoms with van der Waals surface area (Å²) in [5.74, 6) is 2.61. The van der Waals surface area contributed by atoms with Crippen molar-refractivity contribution >= 4 is 17.4 Å². The lowest BCUT2D eigenvalue weighted by atomic mass is 10.2. The molecule has 0 bridgehead atoms. The molecule has 0 radical (unpaired) electrons. The van der Waals surface area contributed by atoms with Gasteiger partial charge in [0.2, 0.25) is 0 Å². The van der Waals surface area contributed by atoms with Crippen LogP contribution in [0.15, 0.2) is 30.3 Å². The van der Waals surface area contributed by atoms with Crippen LogP contribution in [-0.4, -0.2) is 30.6 Å². The average Bonchev–Trinajstić information content (AvgIpc) is 2.79. The van der Waals surface area contributed by atoms with Crippen LogP contribution in [0.3, 0.4) is 0 Å². The van der Waals surface area contributed by atoms with Crippen LogP contribution >= 0.6 is 11.8 Å². The fraction of sp³-hybridized carbons (Fsp3) is 0.500. The zero-order valence-electron chi connectivity index (χ0n) is 8.91. The van der Waals surface area contributed by atoms with Gasteiger partial charge in [0.25, 0.3) is 0 Å². The number of thioether (sulfide) groups is 1. The van der Waals surface area contributed by atoms with Crippen molar-refractivity contribution in [2.75, 3.05) is 29.9 Å². The third-order valence-corrected chi connectivity index (χ3v) is 3.75. The molecular formula is C12H18N2S. The van der Waals surface area contributed by atoms with Crippen molar-refractivity contribution < 1.29 is 0 Å². The van der Waals surface area contributed by atoms with E-state index in [0.717, 1.165) is 19.1 Å². The highest BCUT2D eigenvalue weighted by Crippen LogP contribution is 2.16. The van der Waals surface area contributed by atoms with E-state index in [1.54, 1.807) is 0 Å². The van der Waals surface area contributed by atoms with Gasteiger partial charge in [0.15, 0.2) is 0 Å². The summed E-state index contributed by atoms with van der Waals surface area (Å²) in [5, 5.41) is 6.97. The van der Waals surface area contributed by atoms with Crippen molar-refractivity contribution in [3.8, 4) is 0 Å². The van der Waals surface area contributed by atoms with Gasteiger partial charge in [-0.25, -0.2) is 0 Å². The monoisotopic (exact) mass is 222 g/mol. The first-order valence-corrected chi connectivity index (χ1v) is 6.71. The second kappa shape index (κ2) is 6.03. The molecule has 3 heteroatoms.